The Hall–Kier alpha value is -2.74. The van der Waals surface area contributed by atoms with E-state index in [0.717, 1.165) is 4.47 Å². The fourth-order valence-electron chi connectivity index (χ4n) is 2.07. The summed E-state index contributed by atoms with van der Waals surface area (Å²) in [5, 5.41) is 3.92. The molecule has 0 spiro atoms. The molecule has 0 bridgehead atoms. The summed E-state index contributed by atoms with van der Waals surface area (Å²) in [6.45, 7) is -0.156. The molecule has 1 N–H and O–H groups in total. The van der Waals surface area contributed by atoms with E-state index in [-0.39, 0.29) is 12.5 Å². The number of carbonyl (C=O) groups excluding carboxylic acids is 1. The third-order valence-electron chi connectivity index (χ3n) is 3.29. The van der Waals surface area contributed by atoms with Gasteiger partial charge in [0.2, 0.25) is 0 Å². The van der Waals surface area contributed by atoms with Crippen LogP contribution in [0.15, 0.2) is 46.0 Å². The molecule has 0 radical (unpaired) electrons. The minimum Gasteiger partial charge on any atom is -0.496 e. The standard InChI is InChI=1S/C18H19BrN2O5/c1-23-15-9-17(25-3)16(24-2)7-12(15)10-20-21-18(22)11-26-14-6-4-5-13(19)8-14/h4-10H,11H2,1-3H3,(H,21,22). The first-order valence-corrected chi connectivity index (χ1v) is 8.37. The molecule has 0 aromatic heterocycles. The molecule has 2 aromatic carbocycles. The van der Waals surface area contributed by atoms with Crippen LogP contribution in [-0.4, -0.2) is 40.1 Å². The number of hydrogen-bond acceptors (Lipinski definition) is 6. The Morgan fingerprint density at radius 2 is 1.77 bits per heavy atom. The first-order chi connectivity index (χ1) is 12.6. The van der Waals surface area contributed by atoms with E-state index in [4.69, 9.17) is 18.9 Å². The lowest BCUT2D eigenvalue weighted by Gasteiger charge is -2.11. The molecule has 138 valence electrons. The Morgan fingerprint density at radius 3 is 2.42 bits per heavy atom. The molecule has 0 fully saturated rings. The minimum atomic E-state index is -0.388. The Kier molecular flexibility index (Phi) is 7.28. The average molecular weight is 423 g/mol. The van der Waals surface area contributed by atoms with Crippen LogP contribution >= 0.6 is 15.9 Å². The molecule has 0 aliphatic rings. The number of halogens is 1. The molecule has 8 heteroatoms. The minimum absolute atomic E-state index is 0.156. The van der Waals surface area contributed by atoms with Crippen molar-refractivity contribution >= 4 is 28.1 Å². The molecule has 26 heavy (non-hydrogen) atoms. The van der Waals surface area contributed by atoms with E-state index < -0.39 is 0 Å². The van der Waals surface area contributed by atoms with E-state index in [1.807, 2.05) is 12.1 Å². The number of carbonyl (C=O) groups is 1. The van der Waals surface area contributed by atoms with E-state index >= 15 is 0 Å². The number of benzene rings is 2. The van der Waals surface area contributed by atoms with Gasteiger partial charge in [-0.2, -0.15) is 5.10 Å². The van der Waals surface area contributed by atoms with Crippen LogP contribution in [0.25, 0.3) is 0 Å². The molecular formula is C18H19BrN2O5. The number of nitrogens with zero attached hydrogens (tertiary/aromatic N) is 1. The van der Waals surface area contributed by atoms with Gasteiger partial charge < -0.3 is 18.9 Å². The highest BCUT2D eigenvalue weighted by Gasteiger charge is 2.10. The second-order valence-corrected chi connectivity index (χ2v) is 5.90. The molecule has 7 nitrogen and oxygen atoms in total. The van der Waals surface area contributed by atoms with Crippen LogP contribution in [0.1, 0.15) is 5.56 Å². The Balaban J connectivity index is 1.97. The largest absolute Gasteiger partial charge is 0.496 e. The van der Waals surface area contributed by atoms with Crippen molar-refractivity contribution in [3.05, 3.63) is 46.4 Å². The summed E-state index contributed by atoms with van der Waals surface area (Å²) in [5.41, 5.74) is 3.02. The molecule has 2 rings (SSSR count). The lowest BCUT2D eigenvalue weighted by Crippen LogP contribution is -2.24. The fraction of sp³-hybridized carbons (Fsp3) is 0.222. The van der Waals surface area contributed by atoms with Gasteiger partial charge in [0, 0.05) is 16.1 Å². The number of hydrazone groups is 1. The Morgan fingerprint density at radius 1 is 1.08 bits per heavy atom. The van der Waals surface area contributed by atoms with Gasteiger partial charge in [-0.15, -0.1) is 0 Å². The van der Waals surface area contributed by atoms with Crippen molar-refractivity contribution in [2.45, 2.75) is 0 Å². The van der Waals surface area contributed by atoms with Gasteiger partial charge in [-0.25, -0.2) is 5.43 Å². The van der Waals surface area contributed by atoms with Crippen molar-refractivity contribution in [1.29, 1.82) is 0 Å². The van der Waals surface area contributed by atoms with Crippen LogP contribution < -0.4 is 24.4 Å². The zero-order chi connectivity index (χ0) is 18.9. The van der Waals surface area contributed by atoms with Crippen molar-refractivity contribution in [2.75, 3.05) is 27.9 Å². The highest BCUT2D eigenvalue weighted by atomic mass is 79.9. The van der Waals surface area contributed by atoms with Gasteiger partial charge in [0.1, 0.15) is 11.5 Å². The summed E-state index contributed by atoms with van der Waals surface area (Å²) < 4.78 is 22.0. The van der Waals surface area contributed by atoms with Crippen LogP contribution in [0.3, 0.4) is 0 Å². The number of nitrogens with one attached hydrogen (secondary N) is 1. The van der Waals surface area contributed by atoms with Gasteiger partial charge in [-0.3, -0.25) is 4.79 Å². The zero-order valence-corrected chi connectivity index (χ0v) is 16.2. The normalized spacial score (nSPS) is 10.5. The Bertz CT molecular complexity index is 795. The maximum Gasteiger partial charge on any atom is 0.277 e. The predicted molar refractivity (Wildman–Crippen MR) is 101 cm³/mol. The van der Waals surface area contributed by atoms with Crippen LogP contribution in [0.4, 0.5) is 0 Å². The van der Waals surface area contributed by atoms with Crippen molar-refractivity contribution in [1.82, 2.24) is 5.43 Å². The van der Waals surface area contributed by atoms with Crippen molar-refractivity contribution < 1.29 is 23.7 Å². The summed E-state index contributed by atoms with van der Waals surface area (Å²) in [5.74, 6) is 1.79. The smallest absolute Gasteiger partial charge is 0.277 e. The van der Waals surface area contributed by atoms with Crippen LogP contribution in [0, 0.1) is 0 Å². The quantitative estimate of drug-likeness (QED) is 0.522. The van der Waals surface area contributed by atoms with Gasteiger partial charge in [-0.05, 0) is 24.3 Å². The predicted octanol–water partition coefficient (Wildman–Crippen LogP) is 3.00. The first-order valence-electron chi connectivity index (χ1n) is 7.57. The van der Waals surface area contributed by atoms with Gasteiger partial charge in [0.15, 0.2) is 18.1 Å². The maximum atomic E-state index is 11.8. The topological polar surface area (TPSA) is 78.4 Å². The first kappa shape index (κ1) is 19.6. The molecule has 1 amide bonds. The van der Waals surface area contributed by atoms with Crippen LogP contribution in [-0.2, 0) is 4.79 Å². The summed E-state index contributed by atoms with van der Waals surface area (Å²) >= 11 is 3.34. The highest BCUT2D eigenvalue weighted by molar-refractivity contribution is 9.10. The van der Waals surface area contributed by atoms with E-state index in [1.165, 1.54) is 27.5 Å². The number of rotatable bonds is 8. The van der Waals surface area contributed by atoms with Gasteiger partial charge >= 0.3 is 0 Å². The number of amides is 1. The molecule has 0 aliphatic heterocycles. The molecule has 2 aromatic rings. The van der Waals surface area contributed by atoms with Crippen LogP contribution in [0.5, 0.6) is 23.0 Å². The lowest BCUT2D eigenvalue weighted by molar-refractivity contribution is -0.123. The summed E-state index contributed by atoms with van der Waals surface area (Å²) in [4.78, 5) is 11.8. The van der Waals surface area contributed by atoms with Gasteiger partial charge in [-0.1, -0.05) is 22.0 Å². The molecular weight excluding hydrogens is 404 g/mol. The van der Waals surface area contributed by atoms with E-state index in [2.05, 4.69) is 26.5 Å². The van der Waals surface area contributed by atoms with Crippen LogP contribution in [0.2, 0.25) is 0 Å². The Labute approximate surface area is 160 Å². The number of methoxy groups -OCH3 is 3. The van der Waals surface area contributed by atoms with Gasteiger partial charge in [0.25, 0.3) is 5.91 Å². The molecule has 0 aliphatic carbocycles. The molecule has 0 atom stereocenters. The summed E-state index contributed by atoms with van der Waals surface area (Å²) in [6, 6.07) is 10.6. The van der Waals surface area contributed by atoms with E-state index in [1.54, 1.807) is 24.3 Å². The molecule has 0 unspecified atom stereocenters. The average Bonchev–Trinajstić information content (AvgIpc) is 2.66. The second-order valence-electron chi connectivity index (χ2n) is 4.99. The second kappa shape index (κ2) is 9.67. The highest BCUT2D eigenvalue weighted by Crippen LogP contribution is 2.33. The third-order valence-corrected chi connectivity index (χ3v) is 3.79. The molecule has 0 saturated carbocycles. The molecule has 0 saturated heterocycles. The summed E-state index contributed by atoms with van der Waals surface area (Å²) in [6.07, 6.45) is 1.46. The van der Waals surface area contributed by atoms with E-state index in [0.29, 0.717) is 28.6 Å². The third kappa shape index (κ3) is 5.38. The van der Waals surface area contributed by atoms with Crippen molar-refractivity contribution in [2.24, 2.45) is 5.10 Å². The van der Waals surface area contributed by atoms with Crippen molar-refractivity contribution in [3.63, 3.8) is 0 Å². The van der Waals surface area contributed by atoms with Crippen molar-refractivity contribution in [3.8, 4) is 23.0 Å². The fourth-order valence-corrected chi connectivity index (χ4v) is 2.44. The zero-order valence-electron chi connectivity index (χ0n) is 14.6. The van der Waals surface area contributed by atoms with E-state index in [9.17, 15) is 4.79 Å². The SMILES string of the molecule is COc1cc(OC)c(OC)cc1C=NNC(=O)COc1cccc(Br)c1. The molecule has 0 heterocycles. The lowest BCUT2D eigenvalue weighted by atomic mass is 10.2. The van der Waals surface area contributed by atoms with Gasteiger partial charge in [0.05, 0.1) is 27.5 Å². The number of hydrogen-bond donors (Lipinski definition) is 1. The maximum absolute atomic E-state index is 11.8. The number of ether oxygens (including phenoxy) is 4. The summed E-state index contributed by atoms with van der Waals surface area (Å²) in [7, 11) is 4.60. The monoisotopic (exact) mass is 422 g/mol.